The Hall–Kier alpha value is -1.31. The van der Waals surface area contributed by atoms with Crippen molar-refractivity contribution in [1.29, 1.82) is 0 Å². The molecule has 1 heterocycles. The quantitative estimate of drug-likeness (QED) is 0.728. The number of nitrogens with one attached hydrogen (secondary N) is 1. The van der Waals surface area contributed by atoms with Crippen molar-refractivity contribution < 1.29 is 4.79 Å². The summed E-state index contributed by atoms with van der Waals surface area (Å²) in [6.45, 7) is 4.33. The summed E-state index contributed by atoms with van der Waals surface area (Å²) in [5.41, 5.74) is 2.72. The fourth-order valence-electron chi connectivity index (χ4n) is 3.76. The van der Waals surface area contributed by atoms with Crippen LogP contribution in [0.15, 0.2) is 24.3 Å². The Kier molecular flexibility index (Phi) is 2.13. The first-order chi connectivity index (χ1) is 8.05. The molecule has 0 aromatic heterocycles. The van der Waals surface area contributed by atoms with Gasteiger partial charge in [-0.25, -0.2) is 0 Å². The molecule has 1 unspecified atom stereocenters. The largest absolute Gasteiger partial charge is 0.350 e. The van der Waals surface area contributed by atoms with Gasteiger partial charge in [0.25, 0.3) is 0 Å². The van der Waals surface area contributed by atoms with E-state index in [9.17, 15) is 4.79 Å². The van der Waals surface area contributed by atoms with Crippen LogP contribution in [0.4, 0.5) is 0 Å². The smallest absolute Gasteiger partial charge is 0.221 e. The number of carbonyl (C=O) groups excluding carboxylic acids is 1. The Balaban J connectivity index is 2.19. The predicted molar refractivity (Wildman–Crippen MR) is 67.9 cm³/mol. The number of aryl methyl sites for hydroxylation is 1. The average molecular weight is 229 g/mol. The molecule has 1 aromatic rings. The summed E-state index contributed by atoms with van der Waals surface area (Å²) in [7, 11) is 0. The summed E-state index contributed by atoms with van der Waals surface area (Å²) in [4.78, 5) is 11.8. The molecule has 0 radical (unpaired) electrons. The molecule has 90 valence electrons. The third-order valence-corrected chi connectivity index (χ3v) is 4.69. The number of benzene rings is 1. The molecule has 17 heavy (non-hydrogen) atoms. The Morgan fingerprint density at radius 2 is 2.00 bits per heavy atom. The summed E-state index contributed by atoms with van der Waals surface area (Å²) >= 11 is 0. The molecule has 1 aliphatic carbocycles. The molecule has 1 saturated heterocycles. The molecule has 1 N–H and O–H groups in total. The van der Waals surface area contributed by atoms with Gasteiger partial charge in [-0.15, -0.1) is 0 Å². The first-order valence-electron chi connectivity index (χ1n) is 6.45. The lowest BCUT2D eigenvalue weighted by Crippen LogP contribution is -2.51. The minimum atomic E-state index is -0.124. The molecular weight excluding hydrogens is 210 g/mol. The number of hydrogen-bond donors (Lipinski definition) is 1. The molecular formula is C15H19NO. The van der Waals surface area contributed by atoms with Crippen molar-refractivity contribution in [1.82, 2.24) is 5.32 Å². The van der Waals surface area contributed by atoms with Crippen molar-refractivity contribution in [2.75, 3.05) is 0 Å². The van der Waals surface area contributed by atoms with Crippen LogP contribution >= 0.6 is 0 Å². The third-order valence-electron chi connectivity index (χ3n) is 4.69. The van der Waals surface area contributed by atoms with E-state index in [1.54, 1.807) is 0 Å². The summed E-state index contributed by atoms with van der Waals surface area (Å²) in [6, 6.07) is 8.64. The lowest BCUT2D eigenvalue weighted by atomic mass is 9.61. The third kappa shape index (κ3) is 1.36. The lowest BCUT2D eigenvalue weighted by Gasteiger charge is -2.44. The second kappa shape index (κ2) is 3.34. The highest BCUT2D eigenvalue weighted by atomic mass is 16.2. The normalized spacial score (nSPS) is 30.1. The van der Waals surface area contributed by atoms with E-state index >= 15 is 0 Å². The van der Waals surface area contributed by atoms with E-state index in [2.05, 4.69) is 43.4 Å². The van der Waals surface area contributed by atoms with Gasteiger partial charge in [-0.1, -0.05) is 24.3 Å². The van der Waals surface area contributed by atoms with E-state index in [1.807, 2.05) is 0 Å². The molecule has 1 amide bonds. The first-order valence-corrected chi connectivity index (χ1v) is 6.45. The van der Waals surface area contributed by atoms with E-state index in [4.69, 9.17) is 0 Å². The predicted octanol–water partition coefficient (Wildman–Crippen LogP) is 2.56. The number of hydrogen-bond acceptors (Lipinski definition) is 1. The average Bonchev–Trinajstić information content (AvgIpc) is 2.50. The zero-order chi connectivity index (χ0) is 12.1. The molecule has 2 nitrogen and oxygen atoms in total. The van der Waals surface area contributed by atoms with E-state index in [-0.39, 0.29) is 16.9 Å². The van der Waals surface area contributed by atoms with Crippen molar-refractivity contribution >= 4 is 5.91 Å². The van der Waals surface area contributed by atoms with Gasteiger partial charge in [-0.05, 0) is 44.2 Å². The molecule has 1 atom stereocenters. The number of fused-ring (bicyclic) bond motifs is 2. The maximum absolute atomic E-state index is 11.8. The number of rotatable bonds is 0. The van der Waals surface area contributed by atoms with Gasteiger partial charge in [0.1, 0.15) is 0 Å². The Morgan fingerprint density at radius 3 is 2.71 bits per heavy atom. The maximum Gasteiger partial charge on any atom is 0.221 e. The van der Waals surface area contributed by atoms with Crippen molar-refractivity contribution in [3.63, 3.8) is 0 Å². The van der Waals surface area contributed by atoms with E-state index in [1.165, 1.54) is 17.5 Å². The van der Waals surface area contributed by atoms with Gasteiger partial charge in [-0.3, -0.25) is 4.79 Å². The maximum atomic E-state index is 11.8. The van der Waals surface area contributed by atoms with Crippen LogP contribution in [0, 0.1) is 0 Å². The van der Waals surface area contributed by atoms with Crippen molar-refractivity contribution in [2.45, 2.75) is 50.5 Å². The van der Waals surface area contributed by atoms with Crippen LogP contribution in [0.25, 0.3) is 0 Å². The van der Waals surface area contributed by atoms with E-state index in [0.717, 1.165) is 12.8 Å². The summed E-state index contributed by atoms with van der Waals surface area (Å²) < 4.78 is 0. The topological polar surface area (TPSA) is 29.1 Å². The first kappa shape index (κ1) is 10.8. The summed E-state index contributed by atoms with van der Waals surface area (Å²) in [5.74, 6) is 0.201. The molecule has 2 heteroatoms. The van der Waals surface area contributed by atoms with Gasteiger partial charge in [0.15, 0.2) is 0 Å². The molecule has 0 bridgehead atoms. The van der Waals surface area contributed by atoms with Crippen molar-refractivity contribution in [3.8, 4) is 0 Å². The highest BCUT2D eigenvalue weighted by Gasteiger charge is 2.54. The van der Waals surface area contributed by atoms with Crippen LogP contribution in [0.3, 0.4) is 0 Å². The van der Waals surface area contributed by atoms with Crippen LogP contribution < -0.4 is 5.32 Å². The zero-order valence-corrected chi connectivity index (χ0v) is 10.5. The van der Waals surface area contributed by atoms with Gasteiger partial charge in [0.05, 0.1) is 0 Å². The van der Waals surface area contributed by atoms with Crippen molar-refractivity contribution in [3.05, 3.63) is 35.4 Å². The molecule has 1 aliphatic heterocycles. The summed E-state index contributed by atoms with van der Waals surface area (Å²) in [5, 5.41) is 3.16. The minimum absolute atomic E-state index is 0.0128. The fraction of sp³-hybridized carbons (Fsp3) is 0.533. The SMILES string of the molecule is CC1(C)NC(=O)CC12CCCc1ccccc12. The number of amides is 1. The number of carbonyl (C=O) groups is 1. The second-order valence-electron chi connectivity index (χ2n) is 5.94. The van der Waals surface area contributed by atoms with Crippen LogP contribution in [0.1, 0.15) is 44.2 Å². The fourth-order valence-corrected chi connectivity index (χ4v) is 3.76. The van der Waals surface area contributed by atoms with Gasteiger partial charge in [0, 0.05) is 17.4 Å². The molecule has 1 fully saturated rings. The lowest BCUT2D eigenvalue weighted by molar-refractivity contribution is -0.119. The standard InChI is InChI=1S/C15H19NO/c1-14(2)15(10-13(17)16-14)9-5-7-11-6-3-4-8-12(11)15/h3-4,6,8H,5,7,9-10H2,1-2H3,(H,16,17). The monoisotopic (exact) mass is 229 g/mol. The molecule has 2 aliphatic rings. The van der Waals surface area contributed by atoms with Crippen LogP contribution in [-0.4, -0.2) is 11.4 Å². The Bertz CT molecular complexity index is 478. The Morgan fingerprint density at radius 1 is 1.24 bits per heavy atom. The van der Waals surface area contributed by atoms with E-state index < -0.39 is 0 Å². The highest BCUT2D eigenvalue weighted by molar-refractivity contribution is 5.83. The molecule has 1 aromatic carbocycles. The van der Waals surface area contributed by atoms with Crippen LogP contribution in [0.5, 0.6) is 0 Å². The van der Waals surface area contributed by atoms with Gasteiger partial charge in [0.2, 0.25) is 5.91 Å². The van der Waals surface area contributed by atoms with Gasteiger partial charge >= 0.3 is 0 Å². The van der Waals surface area contributed by atoms with Gasteiger partial charge in [-0.2, -0.15) is 0 Å². The van der Waals surface area contributed by atoms with Gasteiger partial charge < -0.3 is 5.32 Å². The molecule has 1 spiro atoms. The minimum Gasteiger partial charge on any atom is -0.350 e. The molecule has 0 saturated carbocycles. The highest BCUT2D eigenvalue weighted by Crippen LogP contribution is 2.50. The van der Waals surface area contributed by atoms with Crippen LogP contribution in [0.2, 0.25) is 0 Å². The molecule has 3 rings (SSSR count). The summed E-state index contributed by atoms with van der Waals surface area (Å²) in [6.07, 6.45) is 4.12. The second-order valence-corrected chi connectivity index (χ2v) is 5.94. The van der Waals surface area contributed by atoms with Crippen molar-refractivity contribution in [2.24, 2.45) is 0 Å². The van der Waals surface area contributed by atoms with E-state index in [0.29, 0.717) is 6.42 Å². The zero-order valence-electron chi connectivity index (χ0n) is 10.5. The Labute approximate surface area is 102 Å². The van der Waals surface area contributed by atoms with Crippen LogP contribution in [-0.2, 0) is 16.6 Å².